The third kappa shape index (κ3) is 1.86. The van der Waals surface area contributed by atoms with Crippen molar-refractivity contribution in [3.63, 3.8) is 0 Å². The topological polar surface area (TPSA) is 9.23 Å². The van der Waals surface area contributed by atoms with E-state index in [4.69, 9.17) is 4.74 Å². The van der Waals surface area contributed by atoms with Gasteiger partial charge in [0.15, 0.2) is 0 Å². The van der Waals surface area contributed by atoms with Gasteiger partial charge in [0, 0.05) is 22.8 Å². The van der Waals surface area contributed by atoms with Crippen LogP contribution >= 0.6 is 0 Å². The van der Waals surface area contributed by atoms with Crippen LogP contribution in [0.25, 0.3) is 16.3 Å². The van der Waals surface area contributed by atoms with Crippen LogP contribution in [0.5, 0.6) is 5.75 Å². The zero-order valence-electron chi connectivity index (χ0n) is 13.8. The van der Waals surface area contributed by atoms with Crippen LogP contribution in [0.4, 0.5) is 0 Å². The van der Waals surface area contributed by atoms with Crippen LogP contribution in [-0.2, 0) is 0 Å². The van der Waals surface area contributed by atoms with Gasteiger partial charge in [-0.25, -0.2) is 0 Å². The number of hydrogen-bond acceptors (Lipinski definition) is 1. The number of fused-ring (bicyclic) bond motifs is 3. The van der Waals surface area contributed by atoms with Crippen molar-refractivity contribution < 1.29 is 4.74 Å². The van der Waals surface area contributed by atoms with Gasteiger partial charge in [-0.05, 0) is 49.6 Å². The minimum absolute atomic E-state index is 0.0301. The highest BCUT2D eigenvalue weighted by Gasteiger charge is 2.51. The predicted octanol–water partition coefficient (Wildman–Crippen LogP) is 5.97. The van der Waals surface area contributed by atoms with E-state index in [1.807, 2.05) is 0 Å². The highest BCUT2D eigenvalue weighted by atomic mass is 16.5. The van der Waals surface area contributed by atoms with E-state index >= 15 is 0 Å². The highest BCUT2D eigenvalue weighted by Crippen LogP contribution is 2.54. The molecule has 2 bridgehead atoms. The minimum atomic E-state index is -0.0301. The van der Waals surface area contributed by atoms with Gasteiger partial charge in [0.1, 0.15) is 11.4 Å². The Morgan fingerprint density at radius 3 is 2.35 bits per heavy atom. The molecule has 0 radical (unpaired) electrons. The van der Waals surface area contributed by atoms with Crippen LogP contribution in [0, 0.1) is 11.8 Å². The molecule has 2 aliphatic carbocycles. The Kier molecular flexibility index (Phi) is 2.89. The average Bonchev–Trinajstić information content (AvgIpc) is 2.54. The summed E-state index contributed by atoms with van der Waals surface area (Å²) in [5.74, 6) is 2.55. The van der Waals surface area contributed by atoms with Crippen molar-refractivity contribution in [1.82, 2.24) is 0 Å². The van der Waals surface area contributed by atoms with Crippen molar-refractivity contribution >= 4 is 16.3 Å². The van der Waals surface area contributed by atoms with E-state index in [1.54, 1.807) is 0 Å². The number of hydrogen-bond donors (Lipinski definition) is 0. The highest BCUT2D eigenvalue weighted by molar-refractivity contribution is 5.94. The number of allylic oxidation sites excluding steroid dienone is 1. The van der Waals surface area contributed by atoms with Crippen molar-refractivity contribution in [3.05, 3.63) is 48.0 Å². The largest absolute Gasteiger partial charge is 0.481 e. The summed E-state index contributed by atoms with van der Waals surface area (Å²) in [6, 6.07) is 13.1. The molecule has 1 nitrogen and oxygen atoms in total. The SMILES string of the molecule is CC1=CC2(Oc3c1ccc1ccccc31)C1CCCC2CCC1. The first-order valence-electron chi connectivity index (χ1n) is 9.18. The second-order valence-corrected chi connectivity index (χ2v) is 7.70. The second-order valence-electron chi connectivity index (χ2n) is 7.70. The molecule has 1 spiro atoms. The van der Waals surface area contributed by atoms with Gasteiger partial charge in [-0.15, -0.1) is 0 Å². The molecular formula is C22H24O. The van der Waals surface area contributed by atoms with E-state index in [0.717, 1.165) is 5.75 Å². The summed E-state index contributed by atoms with van der Waals surface area (Å²) >= 11 is 0. The van der Waals surface area contributed by atoms with Gasteiger partial charge in [-0.2, -0.15) is 0 Å². The van der Waals surface area contributed by atoms with E-state index in [9.17, 15) is 0 Å². The smallest absolute Gasteiger partial charge is 0.135 e. The Bertz CT molecular complexity index is 779. The number of ether oxygens (including phenoxy) is 1. The predicted molar refractivity (Wildman–Crippen MR) is 95.6 cm³/mol. The molecule has 1 aliphatic heterocycles. The van der Waals surface area contributed by atoms with Gasteiger partial charge >= 0.3 is 0 Å². The molecule has 0 N–H and O–H groups in total. The molecule has 2 aromatic carbocycles. The Labute approximate surface area is 138 Å². The monoisotopic (exact) mass is 304 g/mol. The van der Waals surface area contributed by atoms with Crippen molar-refractivity contribution in [3.8, 4) is 5.75 Å². The second kappa shape index (κ2) is 4.87. The summed E-state index contributed by atoms with van der Waals surface area (Å²) in [4.78, 5) is 0. The molecule has 1 heterocycles. The lowest BCUT2D eigenvalue weighted by Gasteiger charge is -2.53. The van der Waals surface area contributed by atoms with Gasteiger partial charge in [0.05, 0.1) is 0 Å². The Morgan fingerprint density at radius 1 is 0.913 bits per heavy atom. The standard InChI is InChI=1S/C22H24O/c1-15-14-22(17-7-4-8-18(22)10-5-9-17)23-21-19(15)13-12-16-6-2-3-11-20(16)21/h2-3,6,11-14,17-18H,4-5,7-10H2,1H3. The molecular weight excluding hydrogens is 280 g/mol. The fraction of sp³-hybridized carbons (Fsp3) is 0.455. The molecule has 2 saturated carbocycles. The molecule has 1 heteroatoms. The third-order valence-electron chi connectivity index (χ3n) is 6.51. The van der Waals surface area contributed by atoms with Gasteiger partial charge in [-0.3, -0.25) is 0 Å². The van der Waals surface area contributed by atoms with Gasteiger partial charge in [0.25, 0.3) is 0 Å². The third-order valence-corrected chi connectivity index (χ3v) is 6.51. The summed E-state index contributed by atoms with van der Waals surface area (Å²) in [6.45, 7) is 2.28. The lowest BCUT2D eigenvalue weighted by atomic mass is 9.60. The van der Waals surface area contributed by atoms with Gasteiger partial charge < -0.3 is 4.74 Å². The Hall–Kier alpha value is -1.76. The van der Waals surface area contributed by atoms with Crippen LogP contribution in [-0.4, -0.2) is 5.60 Å². The van der Waals surface area contributed by atoms with Crippen LogP contribution in [0.2, 0.25) is 0 Å². The van der Waals surface area contributed by atoms with Crippen LogP contribution in [0.15, 0.2) is 42.5 Å². The Balaban J connectivity index is 1.73. The fourth-order valence-electron chi connectivity index (χ4n) is 5.43. The maximum absolute atomic E-state index is 6.93. The first kappa shape index (κ1) is 13.7. The molecule has 0 saturated heterocycles. The van der Waals surface area contributed by atoms with E-state index in [2.05, 4.69) is 49.4 Å². The molecule has 2 fully saturated rings. The summed E-state index contributed by atoms with van der Waals surface area (Å²) in [6.07, 6.45) is 10.6. The number of benzene rings is 2. The summed E-state index contributed by atoms with van der Waals surface area (Å²) in [5, 5.41) is 2.57. The van der Waals surface area contributed by atoms with Crippen LogP contribution in [0.3, 0.4) is 0 Å². The lowest BCUT2D eigenvalue weighted by Crippen LogP contribution is -2.54. The Morgan fingerprint density at radius 2 is 1.61 bits per heavy atom. The van der Waals surface area contributed by atoms with Crippen LogP contribution in [0.1, 0.15) is 51.0 Å². The quantitative estimate of drug-likeness (QED) is 0.582. The van der Waals surface area contributed by atoms with E-state index < -0.39 is 0 Å². The van der Waals surface area contributed by atoms with Gasteiger partial charge in [0.2, 0.25) is 0 Å². The van der Waals surface area contributed by atoms with E-state index in [1.165, 1.54) is 60.4 Å². The van der Waals surface area contributed by atoms with E-state index in [0.29, 0.717) is 11.8 Å². The molecule has 5 rings (SSSR count). The first-order valence-corrected chi connectivity index (χ1v) is 9.18. The normalized spacial score (nSPS) is 32.3. The van der Waals surface area contributed by atoms with Crippen LogP contribution < -0.4 is 4.74 Å². The van der Waals surface area contributed by atoms with Crippen molar-refractivity contribution in [1.29, 1.82) is 0 Å². The molecule has 118 valence electrons. The fourth-order valence-corrected chi connectivity index (χ4v) is 5.43. The molecule has 3 aliphatic rings. The van der Waals surface area contributed by atoms with Crippen molar-refractivity contribution in [2.45, 2.75) is 51.0 Å². The molecule has 0 atom stereocenters. The molecule has 23 heavy (non-hydrogen) atoms. The molecule has 2 aromatic rings. The average molecular weight is 304 g/mol. The van der Waals surface area contributed by atoms with Gasteiger partial charge in [-0.1, -0.05) is 49.2 Å². The van der Waals surface area contributed by atoms with E-state index in [-0.39, 0.29) is 5.60 Å². The maximum Gasteiger partial charge on any atom is 0.135 e. The van der Waals surface area contributed by atoms with Crippen molar-refractivity contribution in [2.75, 3.05) is 0 Å². The molecule has 0 aromatic heterocycles. The maximum atomic E-state index is 6.93. The lowest BCUT2D eigenvalue weighted by molar-refractivity contribution is -0.0609. The number of rotatable bonds is 0. The summed E-state index contributed by atoms with van der Waals surface area (Å²) in [7, 11) is 0. The summed E-state index contributed by atoms with van der Waals surface area (Å²) in [5.41, 5.74) is 2.67. The zero-order chi connectivity index (χ0) is 15.4. The first-order chi connectivity index (χ1) is 11.3. The summed E-state index contributed by atoms with van der Waals surface area (Å²) < 4.78 is 6.93. The zero-order valence-corrected chi connectivity index (χ0v) is 13.8. The minimum Gasteiger partial charge on any atom is -0.481 e. The molecule has 0 amide bonds. The molecule has 0 unspecified atom stereocenters. The van der Waals surface area contributed by atoms with Crippen molar-refractivity contribution in [2.24, 2.45) is 11.8 Å².